The highest BCUT2D eigenvalue weighted by atomic mass is 32.1. The summed E-state index contributed by atoms with van der Waals surface area (Å²) in [4.78, 5) is 17.2. The average Bonchev–Trinajstić information content (AvgIpc) is 3.13. The van der Waals surface area contributed by atoms with E-state index in [4.69, 9.17) is 31.2 Å². The van der Waals surface area contributed by atoms with Crippen LogP contribution in [0.2, 0.25) is 0 Å². The number of rotatable bonds is 6. The number of hydrogen-bond acceptors (Lipinski definition) is 8. The van der Waals surface area contributed by atoms with E-state index in [0.717, 1.165) is 4.70 Å². The molecule has 8 nitrogen and oxygen atoms in total. The molecule has 0 saturated heterocycles. The quantitative estimate of drug-likeness (QED) is 0.571. The zero-order valence-corrected chi connectivity index (χ0v) is 17.8. The Morgan fingerprint density at radius 2 is 1.66 bits per heavy atom. The Balaban J connectivity index is 1.80. The van der Waals surface area contributed by atoms with Crippen LogP contribution in [-0.2, 0) is 0 Å². The first-order chi connectivity index (χ1) is 14.0. The first-order valence-electron chi connectivity index (χ1n) is 8.36. The SMILES string of the molecule is COc1cc(OC)c2nc(NC(=S)NC(=O)c3c(OC)cccc3OC)sc2c1. The monoisotopic (exact) mass is 433 g/mol. The fourth-order valence-electron chi connectivity index (χ4n) is 2.67. The molecule has 0 atom stereocenters. The third kappa shape index (κ3) is 4.33. The summed E-state index contributed by atoms with van der Waals surface area (Å²) in [6.07, 6.45) is 0. The van der Waals surface area contributed by atoms with Crippen molar-refractivity contribution in [1.82, 2.24) is 10.3 Å². The van der Waals surface area contributed by atoms with Crippen LogP contribution in [0.5, 0.6) is 23.0 Å². The number of hydrogen-bond donors (Lipinski definition) is 2. The van der Waals surface area contributed by atoms with Crippen molar-refractivity contribution in [1.29, 1.82) is 0 Å². The summed E-state index contributed by atoms with van der Waals surface area (Å²) in [7, 11) is 6.10. The number of aromatic nitrogens is 1. The van der Waals surface area contributed by atoms with Crippen molar-refractivity contribution in [3.05, 3.63) is 35.9 Å². The third-order valence-electron chi connectivity index (χ3n) is 3.99. The van der Waals surface area contributed by atoms with E-state index >= 15 is 0 Å². The Hall–Kier alpha value is -3.11. The zero-order valence-electron chi connectivity index (χ0n) is 16.2. The highest BCUT2D eigenvalue weighted by Gasteiger charge is 2.20. The Morgan fingerprint density at radius 3 is 2.24 bits per heavy atom. The second kappa shape index (κ2) is 8.93. The summed E-state index contributed by atoms with van der Waals surface area (Å²) >= 11 is 6.62. The van der Waals surface area contributed by atoms with Gasteiger partial charge in [-0.2, -0.15) is 0 Å². The molecule has 0 aliphatic rings. The number of carbonyl (C=O) groups excluding carboxylic acids is 1. The van der Waals surface area contributed by atoms with Gasteiger partial charge < -0.3 is 24.3 Å². The molecule has 1 heterocycles. The van der Waals surface area contributed by atoms with E-state index < -0.39 is 5.91 Å². The molecule has 0 aliphatic heterocycles. The minimum atomic E-state index is -0.461. The number of thiazole rings is 1. The molecule has 0 radical (unpaired) electrons. The largest absolute Gasteiger partial charge is 0.497 e. The minimum absolute atomic E-state index is 0.0907. The van der Waals surface area contributed by atoms with Crippen molar-refractivity contribution in [3.8, 4) is 23.0 Å². The highest BCUT2D eigenvalue weighted by Crippen LogP contribution is 2.36. The van der Waals surface area contributed by atoms with Crippen molar-refractivity contribution in [2.24, 2.45) is 0 Å². The van der Waals surface area contributed by atoms with Crippen LogP contribution in [0.15, 0.2) is 30.3 Å². The summed E-state index contributed by atoms with van der Waals surface area (Å²) in [5.41, 5.74) is 0.915. The predicted octanol–water partition coefficient (Wildman–Crippen LogP) is 3.46. The molecule has 1 amide bonds. The first kappa shape index (κ1) is 20.6. The van der Waals surface area contributed by atoms with E-state index in [2.05, 4.69) is 15.6 Å². The second-order valence-electron chi connectivity index (χ2n) is 5.64. The summed E-state index contributed by atoms with van der Waals surface area (Å²) in [6, 6.07) is 8.66. The van der Waals surface area contributed by atoms with Gasteiger partial charge in [-0.15, -0.1) is 0 Å². The second-order valence-corrected chi connectivity index (χ2v) is 7.08. The van der Waals surface area contributed by atoms with Crippen molar-refractivity contribution < 1.29 is 23.7 Å². The molecule has 0 spiro atoms. The summed E-state index contributed by atoms with van der Waals surface area (Å²) in [6.45, 7) is 0. The van der Waals surface area contributed by atoms with Gasteiger partial charge in [0, 0.05) is 6.07 Å². The molecule has 29 heavy (non-hydrogen) atoms. The minimum Gasteiger partial charge on any atom is -0.497 e. The van der Waals surface area contributed by atoms with Crippen LogP contribution in [0.25, 0.3) is 10.2 Å². The number of ether oxygens (including phenoxy) is 4. The van der Waals surface area contributed by atoms with Gasteiger partial charge in [0.2, 0.25) is 0 Å². The molecule has 3 rings (SSSR count). The number of nitrogens with one attached hydrogen (secondary N) is 2. The molecule has 0 fully saturated rings. The standard InChI is InChI=1S/C19H19N3O5S2/c1-24-10-8-13(27-4)16-14(9-10)29-19(20-16)22-18(28)21-17(23)15-11(25-2)6-5-7-12(15)26-3/h5-9H,1-4H3,(H2,20,21,22,23,28). The van der Waals surface area contributed by atoms with Crippen molar-refractivity contribution in [2.75, 3.05) is 33.8 Å². The fraction of sp³-hybridized carbons (Fsp3) is 0.211. The molecule has 152 valence electrons. The molecule has 2 aromatic carbocycles. The maximum atomic E-state index is 12.7. The Morgan fingerprint density at radius 1 is 1.00 bits per heavy atom. The normalized spacial score (nSPS) is 10.3. The van der Waals surface area contributed by atoms with Crippen LogP contribution in [-0.4, -0.2) is 44.4 Å². The van der Waals surface area contributed by atoms with Gasteiger partial charge in [0.1, 0.15) is 34.1 Å². The number of anilines is 1. The number of nitrogens with zero attached hydrogens (tertiary/aromatic N) is 1. The molecule has 0 bridgehead atoms. The molecular formula is C19H19N3O5S2. The molecule has 2 N–H and O–H groups in total. The third-order valence-corrected chi connectivity index (χ3v) is 5.11. The summed E-state index contributed by atoms with van der Waals surface area (Å²) < 4.78 is 22.0. The first-order valence-corrected chi connectivity index (χ1v) is 9.59. The van der Waals surface area contributed by atoms with Crippen LogP contribution in [0, 0.1) is 0 Å². The fourth-order valence-corrected chi connectivity index (χ4v) is 3.84. The molecule has 0 aliphatic carbocycles. The van der Waals surface area contributed by atoms with E-state index in [1.54, 1.807) is 38.5 Å². The highest BCUT2D eigenvalue weighted by molar-refractivity contribution is 7.80. The van der Waals surface area contributed by atoms with Crippen LogP contribution in [0.1, 0.15) is 10.4 Å². The van der Waals surface area contributed by atoms with E-state index in [-0.39, 0.29) is 10.7 Å². The van der Waals surface area contributed by atoms with E-state index in [1.165, 1.54) is 25.6 Å². The zero-order chi connectivity index (χ0) is 21.0. The number of thiocarbonyl (C=S) groups is 1. The van der Waals surface area contributed by atoms with Gasteiger partial charge in [0.05, 0.1) is 33.1 Å². The Labute approximate surface area is 176 Å². The van der Waals surface area contributed by atoms with Crippen LogP contribution >= 0.6 is 23.6 Å². The molecule has 1 aromatic heterocycles. The lowest BCUT2D eigenvalue weighted by Gasteiger charge is -2.13. The number of methoxy groups -OCH3 is 4. The predicted molar refractivity (Wildman–Crippen MR) is 116 cm³/mol. The Kier molecular flexibility index (Phi) is 6.35. The van der Waals surface area contributed by atoms with Gasteiger partial charge in [-0.1, -0.05) is 17.4 Å². The molecule has 0 unspecified atom stereocenters. The van der Waals surface area contributed by atoms with Crippen molar-refractivity contribution in [3.63, 3.8) is 0 Å². The topological polar surface area (TPSA) is 90.9 Å². The number of benzene rings is 2. The van der Waals surface area contributed by atoms with Gasteiger partial charge in [-0.3, -0.25) is 10.1 Å². The summed E-state index contributed by atoms with van der Waals surface area (Å²) in [5.74, 6) is 1.53. The maximum Gasteiger partial charge on any atom is 0.264 e. The molecule has 0 saturated carbocycles. The lowest BCUT2D eigenvalue weighted by molar-refractivity contribution is 0.0971. The van der Waals surface area contributed by atoms with E-state index in [0.29, 0.717) is 33.6 Å². The van der Waals surface area contributed by atoms with Crippen molar-refractivity contribution >= 4 is 49.9 Å². The van der Waals surface area contributed by atoms with Gasteiger partial charge in [0.25, 0.3) is 5.91 Å². The van der Waals surface area contributed by atoms with Crippen LogP contribution < -0.4 is 29.6 Å². The van der Waals surface area contributed by atoms with Crippen LogP contribution in [0.4, 0.5) is 5.13 Å². The molecular weight excluding hydrogens is 414 g/mol. The molecule has 3 aromatic rings. The number of carbonyl (C=O) groups is 1. The van der Waals surface area contributed by atoms with Crippen molar-refractivity contribution in [2.45, 2.75) is 0 Å². The Bertz CT molecular complexity index is 1050. The summed E-state index contributed by atoms with van der Waals surface area (Å²) in [5, 5.41) is 6.14. The van der Waals surface area contributed by atoms with E-state index in [1.807, 2.05) is 6.07 Å². The average molecular weight is 434 g/mol. The smallest absolute Gasteiger partial charge is 0.264 e. The number of fused-ring (bicyclic) bond motifs is 1. The number of amides is 1. The van der Waals surface area contributed by atoms with Gasteiger partial charge in [0.15, 0.2) is 10.2 Å². The van der Waals surface area contributed by atoms with Crippen LogP contribution in [0.3, 0.4) is 0 Å². The lowest BCUT2D eigenvalue weighted by Crippen LogP contribution is -2.34. The lowest BCUT2D eigenvalue weighted by atomic mass is 10.1. The maximum absolute atomic E-state index is 12.7. The van der Waals surface area contributed by atoms with Gasteiger partial charge >= 0.3 is 0 Å². The molecule has 10 heteroatoms. The van der Waals surface area contributed by atoms with E-state index in [9.17, 15) is 4.79 Å². The van der Waals surface area contributed by atoms with Gasteiger partial charge in [-0.25, -0.2) is 4.98 Å². The van der Waals surface area contributed by atoms with Gasteiger partial charge in [-0.05, 0) is 30.4 Å².